The number of para-hydroxylation sites is 2. The lowest BCUT2D eigenvalue weighted by Crippen LogP contribution is -2.29. The fraction of sp³-hybridized carbons (Fsp3) is 0.0508. The fourth-order valence-electron chi connectivity index (χ4n) is 10.2. The van der Waals surface area contributed by atoms with Crippen molar-refractivity contribution in [1.29, 1.82) is 0 Å². The minimum Gasteiger partial charge on any atom is -0.456 e. The van der Waals surface area contributed by atoms with Crippen molar-refractivity contribution < 1.29 is 4.42 Å². The van der Waals surface area contributed by atoms with Crippen molar-refractivity contribution >= 4 is 49.8 Å². The van der Waals surface area contributed by atoms with Crippen LogP contribution in [0.4, 0.5) is 17.1 Å². The smallest absolute Gasteiger partial charge is 0.135 e. The molecule has 0 aliphatic heterocycles. The van der Waals surface area contributed by atoms with Crippen LogP contribution in [0.1, 0.15) is 29.5 Å². The van der Waals surface area contributed by atoms with Crippen molar-refractivity contribution in [2.45, 2.75) is 18.3 Å². The van der Waals surface area contributed by atoms with Crippen LogP contribution in [0.3, 0.4) is 0 Å². The van der Waals surface area contributed by atoms with E-state index in [1.165, 1.54) is 55.3 Å². The number of furan rings is 1. The van der Waals surface area contributed by atoms with Gasteiger partial charge in [0.05, 0.1) is 11.1 Å². The fourth-order valence-corrected chi connectivity index (χ4v) is 10.2. The van der Waals surface area contributed by atoms with Crippen LogP contribution in [0, 0.1) is 0 Å². The molecule has 0 fully saturated rings. The molecule has 12 rings (SSSR count). The van der Waals surface area contributed by atoms with Gasteiger partial charge in [0.2, 0.25) is 0 Å². The molecule has 288 valence electrons. The van der Waals surface area contributed by atoms with Crippen LogP contribution in [0.5, 0.6) is 0 Å². The van der Waals surface area contributed by atoms with E-state index in [9.17, 15) is 0 Å². The van der Waals surface area contributed by atoms with E-state index < -0.39 is 5.41 Å². The van der Waals surface area contributed by atoms with Gasteiger partial charge in [0.25, 0.3) is 0 Å². The van der Waals surface area contributed by atoms with E-state index in [1.54, 1.807) is 0 Å². The number of anilines is 3. The summed E-state index contributed by atoms with van der Waals surface area (Å²) < 4.78 is 6.29. The van der Waals surface area contributed by atoms with Crippen LogP contribution >= 0.6 is 0 Å². The molecule has 61 heavy (non-hydrogen) atoms. The van der Waals surface area contributed by atoms with Crippen molar-refractivity contribution in [2.24, 2.45) is 0 Å². The predicted molar refractivity (Wildman–Crippen MR) is 255 cm³/mol. The van der Waals surface area contributed by atoms with E-state index >= 15 is 0 Å². The summed E-state index contributed by atoms with van der Waals surface area (Å²) in [6, 6.07) is 75.6. The Labute approximate surface area is 356 Å². The molecule has 0 saturated heterocycles. The molecule has 9 aromatic carbocycles. The Balaban J connectivity index is 1.08. The summed E-state index contributed by atoms with van der Waals surface area (Å²) in [6.45, 7) is 0. The van der Waals surface area contributed by atoms with E-state index in [4.69, 9.17) is 4.42 Å². The lowest BCUT2D eigenvalue weighted by Gasteiger charge is -2.36. The molecule has 2 aliphatic rings. The van der Waals surface area contributed by atoms with Gasteiger partial charge in [0.1, 0.15) is 11.2 Å². The van der Waals surface area contributed by atoms with Gasteiger partial charge in [-0.1, -0.05) is 170 Å². The molecule has 1 unspecified atom stereocenters. The van der Waals surface area contributed by atoms with Crippen molar-refractivity contribution in [3.05, 3.63) is 247 Å². The highest BCUT2D eigenvalue weighted by atomic mass is 16.3. The third-order valence-electron chi connectivity index (χ3n) is 13.0. The van der Waals surface area contributed by atoms with Crippen LogP contribution in [0.15, 0.2) is 234 Å². The molecule has 0 N–H and O–H groups in total. The average Bonchev–Trinajstić information content (AvgIpc) is 3.86. The van der Waals surface area contributed by atoms with Crippen molar-refractivity contribution in [3.8, 4) is 33.4 Å². The molecule has 1 atom stereocenters. The first-order chi connectivity index (χ1) is 30.2. The van der Waals surface area contributed by atoms with Gasteiger partial charge in [-0.2, -0.15) is 0 Å². The van der Waals surface area contributed by atoms with E-state index in [0.29, 0.717) is 0 Å². The molecule has 0 spiro atoms. The topological polar surface area (TPSA) is 16.4 Å². The van der Waals surface area contributed by atoms with E-state index in [-0.39, 0.29) is 0 Å². The van der Waals surface area contributed by atoms with Crippen LogP contribution in [0.2, 0.25) is 0 Å². The first kappa shape index (κ1) is 35.3. The number of nitrogens with zero attached hydrogens (tertiary/aromatic N) is 1. The van der Waals surface area contributed by atoms with Gasteiger partial charge in [-0.05, 0) is 128 Å². The Morgan fingerprint density at radius 3 is 1.98 bits per heavy atom. The zero-order valence-electron chi connectivity index (χ0n) is 33.6. The van der Waals surface area contributed by atoms with Gasteiger partial charge in [0.15, 0.2) is 0 Å². The lowest BCUT2D eigenvalue weighted by atomic mass is 9.66. The molecule has 1 aromatic heterocycles. The molecule has 0 amide bonds. The molecule has 2 nitrogen and oxygen atoms in total. The summed E-state index contributed by atoms with van der Waals surface area (Å²) in [5.41, 5.74) is 17.1. The second-order valence-electron chi connectivity index (χ2n) is 16.3. The maximum absolute atomic E-state index is 6.29. The zero-order valence-corrected chi connectivity index (χ0v) is 33.6. The highest BCUT2D eigenvalue weighted by Crippen LogP contribution is 2.58. The van der Waals surface area contributed by atoms with Crippen molar-refractivity contribution in [3.63, 3.8) is 0 Å². The van der Waals surface area contributed by atoms with Gasteiger partial charge >= 0.3 is 0 Å². The Hall–Kier alpha value is -7.68. The molecule has 2 heteroatoms. The SMILES string of the molecule is C1=CC(C2(c3ccccc3)c3ccccc3-c3ccc(N(c4ccc(-c5ccc6ccccc6c5)cc4)c4ccccc4-c4ccc5oc6ccccc6c5c4)cc32)=CCC1. The number of benzene rings is 9. The summed E-state index contributed by atoms with van der Waals surface area (Å²) in [7, 11) is 0. The van der Waals surface area contributed by atoms with Crippen molar-refractivity contribution in [2.75, 3.05) is 4.90 Å². The first-order valence-corrected chi connectivity index (χ1v) is 21.3. The molecular formula is C59H41NO. The van der Waals surface area contributed by atoms with Gasteiger partial charge < -0.3 is 9.32 Å². The number of fused-ring (bicyclic) bond motifs is 7. The van der Waals surface area contributed by atoms with E-state index in [0.717, 1.165) is 63.0 Å². The molecule has 10 aromatic rings. The second kappa shape index (κ2) is 14.3. The maximum atomic E-state index is 6.29. The average molecular weight is 780 g/mol. The van der Waals surface area contributed by atoms with Crippen LogP contribution < -0.4 is 4.90 Å². The molecule has 2 aliphatic carbocycles. The minimum absolute atomic E-state index is 0.474. The zero-order chi connectivity index (χ0) is 40.3. The third-order valence-corrected chi connectivity index (χ3v) is 13.0. The summed E-state index contributed by atoms with van der Waals surface area (Å²) in [5.74, 6) is 0. The maximum Gasteiger partial charge on any atom is 0.135 e. The molecular weight excluding hydrogens is 739 g/mol. The first-order valence-electron chi connectivity index (χ1n) is 21.3. The van der Waals surface area contributed by atoms with Crippen LogP contribution in [-0.2, 0) is 5.41 Å². The monoisotopic (exact) mass is 779 g/mol. The van der Waals surface area contributed by atoms with E-state index in [1.807, 2.05) is 12.1 Å². The Morgan fingerprint density at radius 1 is 0.426 bits per heavy atom. The number of rotatable bonds is 7. The van der Waals surface area contributed by atoms with Gasteiger partial charge in [-0.15, -0.1) is 0 Å². The Kier molecular flexibility index (Phi) is 8.24. The summed E-state index contributed by atoms with van der Waals surface area (Å²) in [6.07, 6.45) is 9.29. The van der Waals surface area contributed by atoms with Crippen LogP contribution in [0.25, 0.3) is 66.1 Å². The second-order valence-corrected chi connectivity index (χ2v) is 16.3. The Morgan fingerprint density at radius 2 is 1.11 bits per heavy atom. The molecule has 0 radical (unpaired) electrons. The summed E-state index contributed by atoms with van der Waals surface area (Å²) in [4.78, 5) is 2.46. The highest BCUT2D eigenvalue weighted by molar-refractivity contribution is 6.07. The number of hydrogen-bond donors (Lipinski definition) is 0. The molecule has 0 saturated carbocycles. The minimum atomic E-state index is -0.474. The standard InChI is InChI=1S/C59H41NO/c1-3-17-45(18-4-1)59(46-19-5-2-6-20-46)54-24-12-9-22-50(54)51-35-34-48(39-55(51)59)60(47-32-29-41(30-33-47)43-28-27-40-15-7-8-16-42(40)37-43)56-25-13-10-21-49(56)44-31-36-58-53(38-44)52-23-11-14-26-57(52)61-58/h1,3-5,7-39H,2,6H2. The van der Waals surface area contributed by atoms with E-state index in [2.05, 4.69) is 217 Å². The predicted octanol–water partition coefficient (Wildman–Crippen LogP) is 16.1. The van der Waals surface area contributed by atoms with Crippen molar-refractivity contribution in [1.82, 2.24) is 0 Å². The summed E-state index contributed by atoms with van der Waals surface area (Å²) in [5, 5.41) is 4.73. The third kappa shape index (κ3) is 5.64. The van der Waals surface area contributed by atoms with Gasteiger partial charge in [-0.25, -0.2) is 0 Å². The number of allylic oxidation sites excluding steroid dienone is 4. The largest absolute Gasteiger partial charge is 0.456 e. The summed E-state index contributed by atoms with van der Waals surface area (Å²) >= 11 is 0. The number of hydrogen-bond acceptors (Lipinski definition) is 2. The van der Waals surface area contributed by atoms with Gasteiger partial charge in [-0.3, -0.25) is 0 Å². The Bertz CT molecular complexity index is 3370. The normalized spacial score (nSPS) is 15.5. The molecule has 1 heterocycles. The van der Waals surface area contributed by atoms with Gasteiger partial charge in [0, 0.05) is 27.7 Å². The lowest BCUT2D eigenvalue weighted by molar-refractivity contribution is 0.669. The molecule has 0 bridgehead atoms. The van der Waals surface area contributed by atoms with Crippen LogP contribution in [-0.4, -0.2) is 0 Å². The highest BCUT2D eigenvalue weighted by Gasteiger charge is 2.47. The quantitative estimate of drug-likeness (QED) is 0.160.